The first-order valence-corrected chi connectivity index (χ1v) is 14.5. The van der Waals surface area contributed by atoms with Crippen LogP contribution in [0.5, 0.6) is 5.75 Å². The molecule has 10 N–H and O–H groups in total. The monoisotopic (exact) mass is 662 g/mol. The lowest BCUT2D eigenvalue weighted by Crippen LogP contribution is -2.67. The average molecular weight is 663 g/mol. The molecule has 0 aliphatic carbocycles. The van der Waals surface area contributed by atoms with Gasteiger partial charge in [0.1, 0.15) is 78.5 Å². The van der Waals surface area contributed by atoms with Gasteiger partial charge in [-0.1, -0.05) is 0 Å². The van der Waals surface area contributed by atoms with Gasteiger partial charge in [-0.2, -0.15) is 0 Å². The number of aryl methyl sites for hydroxylation is 1. The molecule has 18 heteroatoms. The molecule has 258 valence electrons. The quantitative estimate of drug-likeness (QED) is 0.112. The number of aliphatic hydroxyl groups excluding tert-OH is 10. The van der Waals surface area contributed by atoms with Crippen molar-refractivity contribution in [1.29, 1.82) is 0 Å². The number of hydrogen-bond donors (Lipinski definition) is 10. The molecule has 4 heterocycles. The standard InChI is InChI=1S/C28H38O18/c1-9-4-16(32)41-12-5-10(2-3-11(9)12)40-25-18(34)17(33)13(6-29)43-28(25)46-24-15(8-31)44-27(22(38)20(24)36)45-23-14(7-30)42-26(39)21(37)19(23)35/h2-5,13-15,17-31,33-39H,6-8H2,1H3/t13-,14-,15-,17-,18+,19-,20-,21-,22-,23-,24-,25-,26?,27+,28+/m1/s1. The Hall–Kier alpha value is -2.37. The highest BCUT2D eigenvalue weighted by Gasteiger charge is 2.54. The van der Waals surface area contributed by atoms with Crippen LogP contribution in [0.4, 0.5) is 0 Å². The number of fused-ring (bicyclic) bond motifs is 1. The summed E-state index contributed by atoms with van der Waals surface area (Å²) in [5.41, 5.74) is 0.179. The Morgan fingerprint density at radius 1 is 0.652 bits per heavy atom. The third-order valence-corrected chi connectivity index (χ3v) is 8.26. The van der Waals surface area contributed by atoms with Crippen molar-refractivity contribution in [3.05, 3.63) is 40.2 Å². The van der Waals surface area contributed by atoms with Crippen LogP contribution in [0, 0.1) is 6.92 Å². The molecule has 15 atom stereocenters. The van der Waals surface area contributed by atoms with Crippen molar-refractivity contribution < 1.29 is 83.9 Å². The molecule has 46 heavy (non-hydrogen) atoms. The number of rotatable bonds is 9. The molecule has 3 fully saturated rings. The maximum absolute atomic E-state index is 11.9. The molecule has 0 amide bonds. The highest BCUT2D eigenvalue weighted by Crippen LogP contribution is 2.34. The Balaban J connectivity index is 1.36. The molecule has 2 aromatic rings. The van der Waals surface area contributed by atoms with Crippen molar-refractivity contribution in [2.75, 3.05) is 19.8 Å². The van der Waals surface area contributed by atoms with Gasteiger partial charge in [0.25, 0.3) is 0 Å². The summed E-state index contributed by atoms with van der Waals surface area (Å²) in [5.74, 6) is 0.0452. The topological polar surface area (TPSA) is 288 Å². The van der Waals surface area contributed by atoms with E-state index in [1.165, 1.54) is 18.2 Å². The summed E-state index contributed by atoms with van der Waals surface area (Å²) in [5, 5.41) is 104. The maximum atomic E-state index is 11.9. The zero-order chi connectivity index (χ0) is 33.4. The van der Waals surface area contributed by atoms with Crippen molar-refractivity contribution in [2.45, 2.75) is 99.0 Å². The second-order valence-electron chi connectivity index (χ2n) is 11.3. The number of ether oxygens (including phenoxy) is 6. The van der Waals surface area contributed by atoms with Gasteiger partial charge in [0, 0.05) is 17.5 Å². The first kappa shape index (κ1) is 35.0. The Morgan fingerprint density at radius 3 is 1.87 bits per heavy atom. The SMILES string of the molecule is Cc1cc(=O)oc2cc(O[C@H]3[C@H](O[C@H]4[C@H](O)[C@@H](O)[C@H](O[C@H]5[C@H](O)[C@@H](O)C(O)O[C@@H]5CO)O[C@@H]4CO)O[C@H](CO)[C@@H](O)[C@@H]3O)ccc12. The van der Waals surface area contributed by atoms with E-state index in [-0.39, 0.29) is 11.3 Å². The van der Waals surface area contributed by atoms with E-state index in [1.54, 1.807) is 13.0 Å². The second kappa shape index (κ2) is 14.4. The zero-order valence-electron chi connectivity index (χ0n) is 24.3. The lowest BCUT2D eigenvalue weighted by Gasteiger charge is -2.48. The predicted molar refractivity (Wildman–Crippen MR) is 147 cm³/mol. The molecule has 0 radical (unpaired) electrons. The summed E-state index contributed by atoms with van der Waals surface area (Å²) in [6.45, 7) is -0.694. The fourth-order valence-electron chi connectivity index (χ4n) is 5.70. The van der Waals surface area contributed by atoms with Crippen LogP contribution in [0.25, 0.3) is 11.0 Å². The lowest BCUT2D eigenvalue weighted by atomic mass is 9.96. The minimum absolute atomic E-state index is 0.0452. The van der Waals surface area contributed by atoms with Crippen LogP contribution in [-0.4, -0.2) is 163 Å². The number of aliphatic hydroxyl groups is 10. The van der Waals surface area contributed by atoms with Crippen molar-refractivity contribution in [2.24, 2.45) is 0 Å². The van der Waals surface area contributed by atoms with E-state index in [9.17, 15) is 55.9 Å². The molecule has 18 nitrogen and oxygen atoms in total. The molecule has 0 saturated carbocycles. The summed E-state index contributed by atoms with van der Waals surface area (Å²) in [6.07, 6.45) is -25.3. The summed E-state index contributed by atoms with van der Waals surface area (Å²) in [4.78, 5) is 11.9. The van der Waals surface area contributed by atoms with E-state index in [0.717, 1.165) is 0 Å². The molecular formula is C28H38O18. The lowest BCUT2D eigenvalue weighted by molar-refractivity contribution is -0.376. The van der Waals surface area contributed by atoms with E-state index in [1.807, 2.05) is 0 Å². The van der Waals surface area contributed by atoms with Crippen LogP contribution in [0.1, 0.15) is 5.56 Å². The van der Waals surface area contributed by atoms with Gasteiger partial charge in [0.05, 0.1) is 19.8 Å². The molecular weight excluding hydrogens is 624 g/mol. The normalized spacial score (nSPS) is 41.8. The van der Waals surface area contributed by atoms with Gasteiger partial charge >= 0.3 is 5.63 Å². The molecule has 1 aromatic carbocycles. The van der Waals surface area contributed by atoms with E-state index in [4.69, 9.17) is 32.8 Å². The third kappa shape index (κ3) is 6.79. The van der Waals surface area contributed by atoms with Crippen LogP contribution >= 0.6 is 0 Å². The van der Waals surface area contributed by atoms with Crippen LogP contribution in [0.15, 0.2) is 33.5 Å². The first-order valence-electron chi connectivity index (χ1n) is 14.5. The molecule has 3 aliphatic heterocycles. The van der Waals surface area contributed by atoms with Crippen molar-refractivity contribution in [1.82, 2.24) is 0 Å². The van der Waals surface area contributed by atoms with Crippen LogP contribution in [0.2, 0.25) is 0 Å². The first-order chi connectivity index (χ1) is 21.9. The second-order valence-corrected chi connectivity index (χ2v) is 11.3. The third-order valence-electron chi connectivity index (χ3n) is 8.26. The highest BCUT2D eigenvalue weighted by molar-refractivity contribution is 5.81. The molecule has 3 aliphatic rings. The van der Waals surface area contributed by atoms with Crippen molar-refractivity contribution >= 4 is 11.0 Å². The molecule has 5 rings (SSSR count). The molecule has 3 saturated heterocycles. The Labute approximate surface area is 260 Å². The number of hydrogen-bond acceptors (Lipinski definition) is 18. The Kier molecular flexibility index (Phi) is 10.9. The van der Waals surface area contributed by atoms with Gasteiger partial charge in [-0.05, 0) is 24.6 Å². The fraction of sp³-hybridized carbons (Fsp3) is 0.679. The Morgan fingerprint density at radius 2 is 1.22 bits per heavy atom. The van der Waals surface area contributed by atoms with Crippen LogP contribution < -0.4 is 10.4 Å². The van der Waals surface area contributed by atoms with Gasteiger partial charge < -0.3 is 83.9 Å². The average Bonchev–Trinajstić information content (AvgIpc) is 3.03. The highest BCUT2D eigenvalue weighted by atomic mass is 16.8. The van der Waals surface area contributed by atoms with Gasteiger partial charge in [-0.3, -0.25) is 0 Å². The minimum atomic E-state index is -1.96. The largest absolute Gasteiger partial charge is 0.482 e. The minimum Gasteiger partial charge on any atom is -0.482 e. The van der Waals surface area contributed by atoms with Gasteiger partial charge in [0.15, 0.2) is 25.0 Å². The van der Waals surface area contributed by atoms with E-state index in [2.05, 4.69) is 0 Å². The van der Waals surface area contributed by atoms with E-state index >= 15 is 0 Å². The molecule has 1 aromatic heterocycles. The fourth-order valence-corrected chi connectivity index (χ4v) is 5.70. The van der Waals surface area contributed by atoms with Gasteiger partial charge in [0.2, 0.25) is 0 Å². The number of benzene rings is 1. The van der Waals surface area contributed by atoms with Crippen LogP contribution in [-0.2, 0) is 23.7 Å². The van der Waals surface area contributed by atoms with E-state index in [0.29, 0.717) is 10.9 Å². The summed E-state index contributed by atoms with van der Waals surface area (Å²) in [7, 11) is 0. The molecule has 1 unspecified atom stereocenters. The zero-order valence-corrected chi connectivity index (χ0v) is 24.3. The molecule has 0 spiro atoms. The molecule has 0 bridgehead atoms. The van der Waals surface area contributed by atoms with Crippen molar-refractivity contribution in [3.8, 4) is 5.75 Å². The summed E-state index contributed by atoms with van der Waals surface area (Å²) in [6, 6.07) is 5.75. The summed E-state index contributed by atoms with van der Waals surface area (Å²) < 4.78 is 38.8. The van der Waals surface area contributed by atoms with Crippen LogP contribution in [0.3, 0.4) is 0 Å². The Bertz CT molecular complexity index is 1370. The summed E-state index contributed by atoms with van der Waals surface area (Å²) >= 11 is 0. The smallest absolute Gasteiger partial charge is 0.336 e. The van der Waals surface area contributed by atoms with Gasteiger partial charge in [-0.15, -0.1) is 0 Å². The van der Waals surface area contributed by atoms with E-state index < -0.39 is 118 Å². The maximum Gasteiger partial charge on any atom is 0.336 e. The van der Waals surface area contributed by atoms with Crippen molar-refractivity contribution in [3.63, 3.8) is 0 Å². The predicted octanol–water partition coefficient (Wildman–Crippen LogP) is -5.07. The van der Waals surface area contributed by atoms with Gasteiger partial charge in [-0.25, -0.2) is 4.79 Å².